The first-order valence-electron chi connectivity index (χ1n) is 12.7. The lowest BCUT2D eigenvalue weighted by molar-refractivity contribution is -0.179. The summed E-state index contributed by atoms with van der Waals surface area (Å²) in [5.41, 5.74) is -3.33. The molecule has 1 saturated carbocycles. The monoisotopic (exact) mass is 637 g/mol. The second-order valence-corrected chi connectivity index (χ2v) is 11.8. The number of thioether (sulfide) groups is 1. The lowest BCUT2D eigenvalue weighted by atomic mass is 9.79. The average Bonchev–Trinajstić information content (AvgIpc) is 3.43. The summed E-state index contributed by atoms with van der Waals surface area (Å²) in [5.74, 6) is -7.58. The lowest BCUT2D eigenvalue weighted by Gasteiger charge is -2.46. The van der Waals surface area contributed by atoms with Gasteiger partial charge in [0, 0.05) is 30.8 Å². The number of aliphatic hydroxyl groups is 4. The Kier molecular flexibility index (Phi) is 8.78. The van der Waals surface area contributed by atoms with Gasteiger partial charge in [0.25, 0.3) is 0 Å². The van der Waals surface area contributed by atoms with E-state index in [0.717, 1.165) is 22.6 Å². The molecule has 0 unspecified atom stereocenters. The molecule has 0 spiro atoms. The van der Waals surface area contributed by atoms with Crippen LogP contribution in [0.1, 0.15) is 42.7 Å². The smallest absolute Gasteiger partial charge is 0.248 e. The van der Waals surface area contributed by atoms with Crippen molar-refractivity contribution in [2.24, 2.45) is 0 Å². The van der Waals surface area contributed by atoms with Gasteiger partial charge in [-0.2, -0.15) is 0 Å². The number of hydrogen-bond donors (Lipinski definition) is 4. The number of hydrogen-bond acceptors (Lipinski definition) is 10. The molecule has 17 heteroatoms. The molecule has 1 saturated heterocycles. The highest BCUT2D eigenvalue weighted by molar-refractivity contribution is 8.00. The summed E-state index contributed by atoms with van der Waals surface area (Å²) in [5, 5.41) is 50.3. The predicted molar refractivity (Wildman–Crippen MR) is 138 cm³/mol. The topological polar surface area (TPSA) is 147 Å². The molecule has 10 nitrogen and oxygen atoms in total. The quantitative estimate of drug-likeness (QED) is 0.225. The van der Waals surface area contributed by atoms with Gasteiger partial charge >= 0.3 is 0 Å². The first kappa shape index (κ1) is 31.0. The van der Waals surface area contributed by atoms with Gasteiger partial charge in [0.15, 0.2) is 22.6 Å². The van der Waals surface area contributed by atoms with Crippen LogP contribution in [-0.2, 0) is 4.74 Å². The van der Waals surface area contributed by atoms with Crippen LogP contribution in [0.3, 0.4) is 0 Å². The Labute approximate surface area is 244 Å². The van der Waals surface area contributed by atoms with Crippen LogP contribution in [0.15, 0.2) is 30.7 Å². The van der Waals surface area contributed by atoms with Crippen molar-refractivity contribution >= 4 is 23.4 Å². The van der Waals surface area contributed by atoms with E-state index in [2.05, 4.69) is 20.3 Å². The molecule has 5 rings (SSSR count). The summed E-state index contributed by atoms with van der Waals surface area (Å²) in [7, 11) is 0. The van der Waals surface area contributed by atoms with E-state index in [0.29, 0.717) is 12.1 Å². The van der Waals surface area contributed by atoms with Crippen LogP contribution in [0.2, 0.25) is 5.15 Å². The lowest BCUT2D eigenvalue weighted by Crippen LogP contribution is -2.55. The zero-order valence-electron chi connectivity index (χ0n) is 21.5. The minimum absolute atomic E-state index is 0.0549. The number of aliphatic hydroxyl groups excluding tert-OH is 3. The zero-order valence-corrected chi connectivity index (χ0v) is 23.1. The Bertz CT molecular complexity index is 1410. The fourth-order valence-electron chi connectivity index (χ4n) is 5.15. The van der Waals surface area contributed by atoms with Gasteiger partial charge in [0.05, 0.1) is 29.3 Å². The number of aromatic nitrogens is 5. The number of ether oxygens (including phenoxy) is 1. The summed E-state index contributed by atoms with van der Waals surface area (Å²) in [6.07, 6.45) is -2.64. The number of benzene rings is 1. The summed E-state index contributed by atoms with van der Waals surface area (Å²) in [6.45, 7) is -0.718. The number of alkyl halides is 2. The number of rotatable bonds is 7. The fraction of sp³-hybridized carbons (Fsp3) is 0.520. The molecule has 2 fully saturated rings. The highest BCUT2D eigenvalue weighted by atomic mass is 35.5. The van der Waals surface area contributed by atoms with Crippen molar-refractivity contribution in [3.63, 3.8) is 0 Å². The van der Waals surface area contributed by atoms with Crippen LogP contribution in [0.25, 0.3) is 11.3 Å². The molecule has 3 aromatic rings. The molecule has 42 heavy (non-hydrogen) atoms. The van der Waals surface area contributed by atoms with Crippen molar-refractivity contribution in [1.82, 2.24) is 25.0 Å². The second-order valence-electron chi connectivity index (χ2n) is 10.2. The van der Waals surface area contributed by atoms with Crippen molar-refractivity contribution in [3.05, 3.63) is 59.0 Å². The van der Waals surface area contributed by atoms with E-state index < -0.39 is 83.5 Å². The Morgan fingerprint density at radius 3 is 2.31 bits per heavy atom. The van der Waals surface area contributed by atoms with E-state index in [9.17, 15) is 42.4 Å². The molecular formula is C25H25ClF5N5O5S. The SMILES string of the molecule is OC[C@H]1O[C@@H](S[C@@H](c2nccnc2Cl)C2(O)CCC(F)(F)CC2)[C@H](O)[C@@H](n2cc(-c3cc(F)c(F)c(F)c3)nn2)[C@H]1O. The molecule has 2 aromatic heterocycles. The molecule has 1 aliphatic heterocycles. The van der Waals surface area contributed by atoms with Crippen molar-refractivity contribution in [2.45, 2.75) is 72.2 Å². The number of halogens is 6. The molecule has 4 N–H and O–H groups in total. The average molecular weight is 638 g/mol. The second kappa shape index (κ2) is 11.9. The van der Waals surface area contributed by atoms with Gasteiger partial charge in [-0.3, -0.25) is 4.98 Å². The van der Waals surface area contributed by atoms with Crippen LogP contribution >= 0.6 is 23.4 Å². The maximum absolute atomic E-state index is 14.0. The van der Waals surface area contributed by atoms with Gasteiger partial charge in [-0.05, 0) is 25.0 Å². The molecule has 6 atom stereocenters. The van der Waals surface area contributed by atoms with E-state index in [1.54, 1.807) is 0 Å². The Morgan fingerprint density at radius 1 is 1.05 bits per heavy atom. The molecule has 0 radical (unpaired) electrons. The van der Waals surface area contributed by atoms with Crippen LogP contribution in [0, 0.1) is 17.5 Å². The normalized spacial score (nSPS) is 28.0. The van der Waals surface area contributed by atoms with Gasteiger partial charge < -0.3 is 25.2 Å². The first-order chi connectivity index (χ1) is 19.8. The Morgan fingerprint density at radius 2 is 1.69 bits per heavy atom. The van der Waals surface area contributed by atoms with Gasteiger partial charge in [-0.25, -0.2) is 31.6 Å². The Balaban J connectivity index is 1.47. The Hall–Kier alpha value is -2.47. The fourth-order valence-corrected chi connectivity index (χ4v) is 7.02. The van der Waals surface area contributed by atoms with E-state index in [-0.39, 0.29) is 34.9 Å². The third-order valence-corrected chi connectivity index (χ3v) is 9.36. The van der Waals surface area contributed by atoms with Gasteiger partial charge in [-0.1, -0.05) is 16.8 Å². The summed E-state index contributed by atoms with van der Waals surface area (Å²) >= 11 is 7.07. The van der Waals surface area contributed by atoms with Gasteiger partial charge in [0.2, 0.25) is 5.92 Å². The summed E-state index contributed by atoms with van der Waals surface area (Å²) in [4.78, 5) is 8.17. The molecule has 1 aromatic carbocycles. The maximum Gasteiger partial charge on any atom is 0.248 e. The van der Waals surface area contributed by atoms with E-state index in [1.807, 2.05) is 0 Å². The van der Waals surface area contributed by atoms with Crippen molar-refractivity contribution in [2.75, 3.05) is 6.61 Å². The van der Waals surface area contributed by atoms with E-state index in [4.69, 9.17) is 16.3 Å². The molecule has 228 valence electrons. The summed E-state index contributed by atoms with van der Waals surface area (Å²) in [6, 6.07) is 0.0401. The molecule has 2 aliphatic rings. The third kappa shape index (κ3) is 5.98. The van der Waals surface area contributed by atoms with Crippen molar-refractivity contribution in [3.8, 4) is 11.3 Å². The van der Waals surface area contributed by atoms with E-state index in [1.165, 1.54) is 12.4 Å². The van der Waals surface area contributed by atoms with Crippen molar-refractivity contribution < 1.29 is 47.1 Å². The summed E-state index contributed by atoms with van der Waals surface area (Å²) < 4.78 is 75.8. The number of nitrogens with zero attached hydrogens (tertiary/aromatic N) is 5. The van der Waals surface area contributed by atoms with Crippen LogP contribution < -0.4 is 0 Å². The van der Waals surface area contributed by atoms with Crippen LogP contribution in [-0.4, -0.2) is 87.3 Å². The zero-order chi connectivity index (χ0) is 30.4. The van der Waals surface area contributed by atoms with Crippen LogP contribution in [0.5, 0.6) is 0 Å². The van der Waals surface area contributed by atoms with Crippen LogP contribution in [0.4, 0.5) is 22.0 Å². The predicted octanol–water partition coefficient (Wildman–Crippen LogP) is 3.20. The minimum Gasteiger partial charge on any atom is -0.394 e. The third-order valence-electron chi connectivity index (χ3n) is 7.48. The van der Waals surface area contributed by atoms with Gasteiger partial charge in [0.1, 0.15) is 35.5 Å². The van der Waals surface area contributed by atoms with Gasteiger partial charge in [-0.15, -0.1) is 16.9 Å². The first-order valence-corrected chi connectivity index (χ1v) is 14.1. The molecule has 0 bridgehead atoms. The highest BCUT2D eigenvalue weighted by Crippen LogP contribution is 2.53. The highest BCUT2D eigenvalue weighted by Gasteiger charge is 2.52. The largest absolute Gasteiger partial charge is 0.394 e. The minimum atomic E-state index is -2.98. The molecule has 3 heterocycles. The van der Waals surface area contributed by atoms with Crippen molar-refractivity contribution in [1.29, 1.82) is 0 Å². The standard InChI is InChI=1S/C25H25ClF5N5O5S/c26-22-17(32-5-6-33-22)21(24(40)1-3-25(30,31)4-2-24)42-23-20(39)18(19(38)15(10-37)41-23)36-9-14(34-35-36)11-7-12(27)16(29)13(28)8-11/h5-9,15,18-21,23,37-40H,1-4,10H2/t15-,18+,19+,20-,21+,23+/m1/s1. The molecule has 1 aliphatic carbocycles. The molecule has 0 amide bonds. The van der Waals surface area contributed by atoms with E-state index >= 15 is 0 Å². The maximum atomic E-state index is 14.0. The molecular weight excluding hydrogens is 613 g/mol.